The molecule has 51 nitrogen and oxygen atoms in total. The predicted octanol–water partition coefficient (Wildman–Crippen LogP) is 3.09. The van der Waals surface area contributed by atoms with Crippen molar-refractivity contribution in [1.82, 2.24) is 0 Å². The van der Waals surface area contributed by atoms with E-state index in [1.807, 2.05) is 0 Å². The molecule has 0 spiro atoms. The molecular formula is C82H54O51. The van der Waals surface area contributed by atoms with Gasteiger partial charge in [0.25, 0.3) is 0 Å². The molecule has 10 atom stereocenters. The molecule has 0 aliphatic carbocycles. The smallest absolute Gasteiger partial charge is 0.339 e. The van der Waals surface area contributed by atoms with Gasteiger partial charge in [-0.1, -0.05) is 0 Å². The van der Waals surface area contributed by atoms with Gasteiger partial charge in [0.05, 0.1) is 61.6 Å². The van der Waals surface area contributed by atoms with Gasteiger partial charge in [0.15, 0.2) is 175 Å². The van der Waals surface area contributed by atoms with E-state index in [9.17, 15) is 177 Å². The molecule has 17 rings (SSSR count). The summed E-state index contributed by atoms with van der Waals surface area (Å²) in [5, 5.41) is 358. The van der Waals surface area contributed by atoms with E-state index in [-0.39, 0.29) is 42.5 Å². The third kappa shape index (κ3) is 13.0. The van der Waals surface area contributed by atoms with E-state index in [0.29, 0.717) is 12.1 Å². The van der Waals surface area contributed by atoms with Gasteiger partial charge in [-0.2, -0.15) is 0 Å². The number of rotatable bonds is 7. The first-order chi connectivity index (χ1) is 62.5. The first-order valence-electron chi connectivity index (χ1n) is 37.1. The first-order valence-corrected chi connectivity index (χ1v) is 37.1. The molecular weight excluding hydrogens is 1800 g/mol. The normalized spacial score (nSPS) is 20.1. The quantitative estimate of drug-likeness (QED) is 0.0619. The zero-order valence-corrected chi connectivity index (χ0v) is 64.9. The lowest BCUT2D eigenvalue weighted by molar-refractivity contribution is -0.154. The van der Waals surface area contributed by atoms with Crippen molar-refractivity contribution in [2.24, 2.45) is 0 Å². The highest BCUT2D eigenvalue weighted by Crippen LogP contribution is 2.66. The number of hydrogen-bond acceptors (Lipinski definition) is 51. The van der Waals surface area contributed by atoms with Crippen LogP contribution < -0.4 is 0 Å². The number of esters is 10. The largest absolute Gasteiger partial charge is 0.504 e. The molecule has 10 aromatic carbocycles. The number of cyclic esters (lactones) is 5. The van der Waals surface area contributed by atoms with Crippen LogP contribution in [0.1, 0.15) is 132 Å². The Balaban J connectivity index is 1.00. The van der Waals surface area contributed by atoms with Crippen molar-refractivity contribution in [3.8, 4) is 217 Å². The van der Waals surface area contributed by atoms with E-state index in [2.05, 4.69) is 0 Å². The summed E-state index contributed by atoms with van der Waals surface area (Å²) in [5.74, 6) is -79.1. The Morgan fingerprint density at radius 3 is 0.782 bits per heavy atom. The molecule has 0 saturated heterocycles. The summed E-state index contributed by atoms with van der Waals surface area (Å²) in [6.07, 6.45) is -30.0. The third-order valence-electron chi connectivity index (χ3n) is 22.3. The van der Waals surface area contributed by atoms with Crippen LogP contribution in [0, 0.1) is 0 Å². The number of aromatic hydroxyl groups is 30. The molecule has 7 heterocycles. The van der Waals surface area contributed by atoms with Crippen molar-refractivity contribution in [3.63, 3.8) is 0 Å². The summed E-state index contributed by atoms with van der Waals surface area (Å²) in [6.45, 7) is -4.21. The topological polar surface area (TPSA) is 890 Å². The minimum Gasteiger partial charge on any atom is -0.504 e. The number of aliphatic hydroxyl groups excluding tert-OH is 1. The maximum absolute atomic E-state index is 16.8. The minimum absolute atomic E-state index is 0.0511. The molecule has 7 aliphatic rings. The lowest BCUT2D eigenvalue weighted by Crippen LogP contribution is -2.56. The number of carbonyl (C=O) groups excluding carboxylic acids is 10. The van der Waals surface area contributed by atoms with Gasteiger partial charge in [0.2, 0.25) is 46.0 Å². The van der Waals surface area contributed by atoms with Gasteiger partial charge in [-0.3, -0.25) is 0 Å². The third-order valence-corrected chi connectivity index (χ3v) is 22.3. The SMILES string of the molecule is O=C(OC1COC(=O)c2cc(O)c(O)c(O)c2-c2c(cc(O)c(O)c2O)C(=O)OC1C1OC(=O)c2cc(O)c(O)c(O)c2-c2c(O)c(O)c(O)c3c2C(=O)OC1[C@H]3c1c(O)c(O)c(O)c2c1C(=O)OCC(OC(=O)c1cc(O)c(O)c(O)c1)C(C1OC(=O)c3cc(O)c(O)c(O)c3-c3c(O)c(O)c(O)c4c3C(=O)OC1[C@@H]4O)OC(=O)c1cc(O)c(O)c(O)c1-2)c1cc(O)c(O)c(O)c1. The number of hydrogen-bond donors (Lipinski definition) is 31. The Morgan fingerprint density at radius 1 is 0.226 bits per heavy atom. The van der Waals surface area contributed by atoms with Crippen molar-refractivity contribution in [2.45, 2.75) is 60.9 Å². The first kappa shape index (κ1) is 87.3. The average Bonchev–Trinajstić information content (AvgIpc) is 1.04. The molecule has 0 aromatic heterocycles. The highest BCUT2D eigenvalue weighted by Gasteiger charge is 2.60. The van der Waals surface area contributed by atoms with Gasteiger partial charge in [-0.25, -0.2) is 47.9 Å². The Kier molecular flexibility index (Phi) is 20.1. The molecule has 6 bridgehead atoms. The van der Waals surface area contributed by atoms with Crippen molar-refractivity contribution >= 4 is 59.7 Å². The van der Waals surface area contributed by atoms with Crippen LogP contribution in [0.25, 0.3) is 44.5 Å². The van der Waals surface area contributed by atoms with Gasteiger partial charge >= 0.3 is 59.7 Å². The van der Waals surface area contributed by atoms with E-state index in [1.54, 1.807) is 0 Å². The number of benzene rings is 10. The predicted molar refractivity (Wildman–Crippen MR) is 411 cm³/mol. The summed E-state index contributed by atoms with van der Waals surface area (Å²) >= 11 is 0. The number of aliphatic hydroxyl groups is 1. The molecule has 0 radical (unpaired) electrons. The second kappa shape index (κ2) is 30.6. The van der Waals surface area contributed by atoms with Crippen LogP contribution >= 0.6 is 0 Å². The van der Waals surface area contributed by atoms with E-state index in [0.717, 1.165) is 0 Å². The molecule has 51 heteroatoms. The second-order valence-electron chi connectivity index (χ2n) is 29.7. The molecule has 688 valence electrons. The molecule has 133 heavy (non-hydrogen) atoms. The van der Waals surface area contributed by atoms with E-state index in [4.69, 9.17) is 47.4 Å². The average molecular weight is 1860 g/mol. The van der Waals surface area contributed by atoms with Gasteiger partial charge in [0.1, 0.15) is 19.3 Å². The molecule has 31 N–H and O–H groups in total. The van der Waals surface area contributed by atoms with Crippen molar-refractivity contribution < 1.29 is 254 Å². The highest BCUT2D eigenvalue weighted by molar-refractivity contribution is 6.15. The van der Waals surface area contributed by atoms with Gasteiger partial charge in [-0.15, -0.1) is 0 Å². The number of ether oxygens (including phenoxy) is 10. The summed E-state index contributed by atoms with van der Waals surface area (Å²) < 4.78 is 58.1. The Bertz CT molecular complexity index is 6990. The van der Waals surface area contributed by atoms with Crippen molar-refractivity contribution in [2.75, 3.05) is 13.2 Å². The number of fused-ring (bicyclic) bond motifs is 13. The number of carbonyl (C=O) groups is 10. The van der Waals surface area contributed by atoms with E-state index >= 15 is 28.8 Å². The van der Waals surface area contributed by atoms with Crippen molar-refractivity contribution in [3.05, 3.63) is 127 Å². The van der Waals surface area contributed by atoms with Crippen LogP contribution in [-0.4, -0.2) is 280 Å². The van der Waals surface area contributed by atoms with Crippen LogP contribution in [0.5, 0.6) is 172 Å². The van der Waals surface area contributed by atoms with Crippen LogP contribution in [0.15, 0.2) is 54.6 Å². The van der Waals surface area contributed by atoms with Crippen LogP contribution in [0.4, 0.5) is 0 Å². The molecule has 0 fully saturated rings. The molecule has 0 saturated carbocycles. The number of phenolic OH excluding ortho intramolecular Hbond substituents is 30. The minimum atomic E-state index is -3.65. The number of phenols is 30. The van der Waals surface area contributed by atoms with Crippen LogP contribution in [0.3, 0.4) is 0 Å². The maximum Gasteiger partial charge on any atom is 0.339 e. The molecule has 0 amide bonds. The Morgan fingerprint density at radius 2 is 0.459 bits per heavy atom. The van der Waals surface area contributed by atoms with E-state index < -0.39 is 423 Å². The lowest BCUT2D eigenvalue weighted by atomic mass is 9.72. The fraction of sp³-hybridized carbons (Fsp3) is 0.146. The summed E-state index contributed by atoms with van der Waals surface area (Å²) in [6, 6.07) is 1.68. The zero-order valence-electron chi connectivity index (χ0n) is 64.9. The fourth-order valence-electron chi connectivity index (χ4n) is 16.2. The maximum atomic E-state index is 16.8. The molecule has 7 aliphatic heterocycles. The summed E-state index contributed by atoms with van der Waals surface area (Å²) in [7, 11) is 0. The van der Waals surface area contributed by atoms with Crippen LogP contribution in [-0.2, 0) is 47.4 Å². The monoisotopic (exact) mass is 1850 g/mol. The fourth-order valence-corrected chi connectivity index (χ4v) is 16.2. The van der Waals surface area contributed by atoms with Gasteiger partial charge in [-0.05, 0) is 54.6 Å². The Hall–Kier alpha value is -19.1. The standard InChI is InChI=1S/C82H54O51/c83-19-1-12(2-20(84)45(19)92)73(114)126-28-10-124-75(116)14-5-23(87)47(94)52(99)30(14)31-15(6-24(88)48(95)53(31)100)76(117)128-67(28)71-69-40(39-42(81(122)130-69)36(58(105)65(112)61(39)108)33-17(78(119)132-71)8-26(90)50(97)55(33)102)38-41-35(57(104)64(111)60(38)107)32-16(7-25(89)49(96)54(32)101)77(118)129-68(29(11-125-80(41)121)127-74(115)13-3-21(85)46(93)22(86)4-13)72-70-63(110)44-43(82(123)131-70)37(59(106)66(113)62(44)109)34-18(79(120)133-72)9-27(91)51(98)56(34)103/h1-9,28-29,40,63,67-72,83-113H,10-11H2/t28?,29?,40-,63+,67?,68?,69?,70?,71?,72?/m0/s1. The summed E-state index contributed by atoms with van der Waals surface area (Å²) in [5.41, 5.74) is -33.5. The van der Waals surface area contributed by atoms with Crippen LogP contribution in [0.2, 0.25) is 0 Å². The molecule has 8 unspecified atom stereocenters. The highest BCUT2D eigenvalue weighted by atomic mass is 16.7. The summed E-state index contributed by atoms with van der Waals surface area (Å²) in [4.78, 5) is 156. The lowest BCUT2D eigenvalue weighted by Gasteiger charge is -2.43. The zero-order chi connectivity index (χ0) is 96.8. The van der Waals surface area contributed by atoms with E-state index in [1.165, 1.54) is 0 Å². The van der Waals surface area contributed by atoms with Gasteiger partial charge < -0.3 is 206 Å². The Labute approximate surface area is 728 Å². The van der Waals surface area contributed by atoms with Gasteiger partial charge in [0, 0.05) is 61.2 Å². The molecule has 10 aromatic rings. The van der Waals surface area contributed by atoms with Crippen molar-refractivity contribution in [1.29, 1.82) is 0 Å². The second-order valence-corrected chi connectivity index (χ2v) is 29.7.